The molecule has 4 heterocycles. The van der Waals surface area contributed by atoms with Crippen molar-refractivity contribution in [1.29, 1.82) is 0 Å². The second-order valence-corrected chi connectivity index (χ2v) is 8.39. The number of amides is 1. The number of ether oxygens (including phenoxy) is 1. The molecule has 0 unspecified atom stereocenters. The average Bonchev–Trinajstić information content (AvgIpc) is 3.46. The summed E-state index contributed by atoms with van der Waals surface area (Å²) in [5.41, 5.74) is 0.772. The van der Waals surface area contributed by atoms with E-state index in [1.54, 1.807) is 23.2 Å². The van der Waals surface area contributed by atoms with Gasteiger partial charge in [0.05, 0.1) is 0 Å². The third-order valence-electron chi connectivity index (χ3n) is 5.09. The molecule has 1 aliphatic heterocycles. The number of likely N-dealkylation sites (tertiary alicyclic amines) is 1. The van der Waals surface area contributed by atoms with Crippen LogP contribution < -0.4 is 15.4 Å². The first-order valence-corrected chi connectivity index (χ1v) is 11.3. The quantitative estimate of drug-likeness (QED) is 0.396. The van der Waals surface area contributed by atoms with Crippen molar-refractivity contribution >= 4 is 44.5 Å². The van der Waals surface area contributed by atoms with Gasteiger partial charge in [0.25, 0.3) is 0 Å². The van der Waals surface area contributed by atoms with E-state index in [4.69, 9.17) is 4.74 Å². The summed E-state index contributed by atoms with van der Waals surface area (Å²) in [6.07, 6.45) is 3.85. The van der Waals surface area contributed by atoms with Crippen LogP contribution in [0.3, 0.4) is 0 Å². The molecule has 1 fully saturated rings. The number of nitrogens with zero attached hydrogens (tertiary/aromatic N) is 5. The van der Waals surface area contributed by atoms with Crippen LogP contribution in [0.5, 0.6) is 11.6 Å². The normalized spacial score (nSPS) is 15.4. The average molecular weight is 460 g/mol. The number of anilines is 3. The number of benzene rings is 1. The van der Waals surface area contributed by atoms with Gasteiger partial charge < -0.3 is 20.3 Å². The van der Waals surface area contributed by atoms with Gasteiger partial charge in [0.2, 0.25) is 17.7 Å². The largest absolute Gasteiger partial charge is 0.439 e. The third-order valence-corrected chi connectivity index (χ3v) is 5.97. The van der Waals surface area contributed by atoms with Crippen LogP contribution in [0.1, 0.15) is 6.42 Å². The van der Waals surface area contributed by atoms with Crippen LogP contribution in [0, 0.1) is 0 Å². The van der Waals surface area contributed by atoms with Gasteiger partial charge in [0.15, 0.2) is 5.13 Å². The fourth-order valence-electron chi connectivity index (χ4n) is 3.52. The molecule has 4 aromatic rings. The molecular weight excluding hydrogens is 438 g/mol. The van der Waals surface area contributed by atoms with Gasteiger partial charge >= 0.3 is 0 Å². The number of hydrogen-bond acceptors (Lipinski definition) is 9. The topological polar surface area (TPSA) is 105 Å². The van der Waals surface area contributed by atoms with Gasteiger partial charge in [-0.1, -0.05) is 36.1 Å². The molecule has 33 heavy (non-hydrogen) atoms. The van der Waals surface area contributed by atoms with E-state index in [1.807, 2.05) is 36.4 Å². The molecule has 10 heteroatoms. The lowest BCUT2D eigenvalue weighted by Crippen LogP contribution is -2.30. The summed E-state index contributed by atoms with van der Waals surface area (Å²) in [4.78, 5) is 32.3. The van der Waals surface area contributed by atoms with Gasteiger partial charge in [0.1, 0.15) is 21.9 Å². The summed E-state index contributed by atoms with van der Waals surface area (Å²) in [5, 5.41) is 7.19. The number of carbonyl (C=O) groups is 1. The van der Waals surface area contributed by atoms with Crippen molar-refractivity contribution < 1.29 is 9.53 Å². The Balaban J connectivity index is 1.26. The molecule has 0 saturated carbocycles. The minimum atomic E-state index is -0.0580. The Morgan fingerprint density at radius 2 is 2.03 bits per heavy atom. The van der Waals surface area contributed by atoms with E-state index < -0.39 is 0 Å². The van der Waals surface area contributed by atoms with E-state index in [2.05, 4.69) is 37.1 Å². The molecule has 1 aromatic carbocycles. The minimum Gasteiger partial charge on any atom is -0.439 e. The molecule has 0 radical (unpaired) electrons. The summed E-state index contributed by atoms with van der Waals surface area (Å²) in [7, 11) is 0. The van der Waals surface area contributed by atoms with E-state index >= 15 is 0 Å². The van der Waals surface area contributed by atoms with E-state index in [9.17, 15) is 4.79 Å². The molecule has 1 saturated heterocycles. The molecule has 9 nitrogen and oxygen atoms in total. The standard InChI is InChI=1S/C23H21N7O2S/c1-2-20(31)30-13-11-15(14-30)25-22-24-12-10-18(27-22)28-23-26-17-8-9-19(29-21(17)33-23)32-16-6-4-3-5-7-16/h2-10,12,15H,1,11,13-14H2,(H2,24,25,26,27,28)/t15-/m0/s1. The van der Waals surface area contributed by atoms with Crippen LogP contribution >= 0.6 is 11.3 Å². The number of hydrogen-bond donors (Lipinski definition) is 2. The zero-order valence-electron chi connectivity index (χ0n) is 17.6. The van der Waals surface area contributed by atoms with Crippen molar-refractivity contribution in [3.63, 3.8) is 0 Å². The smallest absolute Gasteiger partial charge is 0.246 e. The molecule has 1 aliphatic rings. The highest BCUT2D eigenvalue weighted by molar-refractivity contribution is 7.21. The zero-order chi connectivity index (χ0) is 22.6. The molecule has 2 N–H and O–H groups in total. The highest BCUT2D eigenvalue weighted by Gasteiger charge is 2.25. The van der Waals surface area contributed by atoms with E-state index in [0.29, 0.717) is 35.9 Å². The van der Waals surface area contributed by atoms with Crippen molar-refractivity contribution in [2.45, 2.75) is 12.5 Å². The van der Waals surface area contributed by atoms with E-state index in [-0.39, 0.29) is 11.9 Å². The third kappa shape index (κ3) is 4.90. The lowest BCUT2D eigenvalue weighted by molar-refractivity contribution is -0.125. The number of fused-ring (bicyclic) bond motifs is 1. The maximum absolute atomic E-state index is 11.8. The van der Waals surface area contributed by atoms with Crippen molar-refractivity contribution in [3.05, 3.63) is 67.4 Å². The summed E-state index contributed by atoms with van der Waals surface area (Å²) in [6.45, 7) is 4.83. The highest BCUT2D eigenvalue weighted by Crippen LogP contribution is 2.29. The summed E-state index contributed by atoms with van der Waals surface area (Å²) in [6, 6.07) is 15.1. The molecule has 1 amide bonds. The van der Waals surface area contributed by atoms with Crippen LogP contribution in [0.25, 0.3) is 10.3 Å². The molecule has 1 atom stereocenters. The Bertz CT molecular complexity index is 1290. The maximum Gasteiger partial charge on any atom is 0.246 e. The van der Waals surface area contributed by atoms with Crippen molar-refractivity contribution in [3.8, 4) is 11.6 Å². The monoisotopic (exact) mass is 459 g/mol. The first-order chi connectivity index (χ1) is 16.2. The SMILES string of the molecule is C=CC(=O)N1CC[C@H](Nc2nccc(Nc3nc4ccc(Oc5ccccc5)nc4s3)n2)C1. The maximum atomic E-state index is 11.8. The Labute approximate surface area is 194 Å². The summed E-state index contributed by atoms with van der Waals surface area (Å²) < 4.78 is 5.81. The second-order valence-electron chi connectivity index (χ2n) is 7.42. The lowest BCUT2D eigenvalue weighted by Gasteiger charge is -2.15. The van der Waals surface area contributed by atoms with Gasteiger partial charge in [-0.25, -0.2) is 15.0 Å². The van der Waals surface area contributed by atoms with Crippen LogP contribution in [0.2, 0.25) is 0 Å². The highest BCUT2D eigenvalue weighted by atomic mass is 32.1. The number of thiazole rings is 1. The number of para-hydroxylation sites is 1. The van der Waals surface area contributed by atoms with Crippen LogP contribution in [0.4, 0.5) is 16.9 Å². The lowest BCUT2D eigenvalue weighted by atomic mass is 10.3. The number of pyridine rings is 1. The van der Waals surface area contributed by atoms with Crippen molar-refractivity contribution in [1.82, 2.24) is 24.8 Å². The van der Waals surface area contributed by atoms with Crippen molar-refractivity contribution in [2.75, 3.05) is 23.7 Å². The molecule has 166 valence electrons. The fourth-order valence-corrected chi connectivity index (χ4v) is 4.35. The van der Waals surface area contributed by atoms with Gasteiger partial charge in [-0.2, -0.15) is 4.98 Å². The number of rotatable bonds is 7. The molecule has 0 bridgehead atoms. The first-order valence-electron chi connectivity index (χ1n) is 10.4. The number of aromatic nitrogens is 4. The first kappa shape index (κ1) is 20.8. The Hall–Kier alpha value is -4.05. The summed E-state index contributed by atoms with van der Waals surface area (Å²) in [5.74, 6) is 2.29. The summed E-state index contributed by atoms with van der Waals surface area (Å²) >= 11 is 1.41. The van der Waals surface area contributed by atoms with E-state index in [1.165, 1.54) is 17.4 Å². The Kier molecular flexibility index (Phi) is 5.81. The number of carbonyl (C=O) groups excluding carboxylic acids is 1. The fraction of sp³-hybridized carbons (Fsp3) is 0.174. The van der Waals surface area contributed by atoms with E-state index in [0.717, 1.165) is 22.5 Å². The molecule has 5 rings (SSSR count). The van der Waals surface area contributed by atoms with Gasteiger partial charge in [-0.3, -0.25) is 4.79 Å². The van der Waals surface area contributed by atoms with Crippen LogP contribution in [0.15, 0.2) is 67.4 Å². The predicted octanol–water partition coefficient (Wildman–Crippen LogP) is 4.22. The van der Waals surface area contributed by atoms with Gasteiger partial charge in [-0.15, -0.1) is 0 Å². The van der Waals surface area contributed by atoms with Crippen molar-refractivity contribution in [2.24, 2.45) is 0 Å². The van der Waals surface area contributed by atoms with Gasteiger partial charge in [0, 0.05) is 31.4 Å². The second kappa shape index (κ2) is 9.21. The Morgan fingerprint density at radius 3 is 2.88 bits per heavy atom. The minimum absolute atomic E-state index is 0.0580. The van der Waals surface area contributed by atoms with Crippen LogP contribution in [-0.4, -0.2) is 49.9 Å². The molecular formula is C23H21N7O2S. The zero-order valence-corrected chi connectivity index (χ0v) is 18.5. The van der Waals surface area contributed by atoms with Gasteiger partial charge in [-0.05, 0) is 36.8 Å². The molecule has 0 spiro atoms. The van der Waals surface area contributed by atoms with Crippen LogP contribution in [-0.2, 0) is 4.79 Å². The number of nitrogens with one attached hydrogen (secondary N) is 2. The molecule has 3 aromatic heterocycles. The Morgan fingerprint density at radius 1 is 1.15 bits per heavy atom. The molecule has 0 aliphatic carbocycles. The predicted molar refractivity (Wildman–Crippen MR) is 128 cm³/mol.